The molecule has 1 unspecified atom stereocenters. The predicted molar refractivity (Wildman–Crippen MR) is 141 cm³/mol. The van der Waals surface area contributed by atoms with E-state index in [-0.39, 0.29) is 29.7 Å². The molecule has 1 heterocycles. The number of piperidine rings is 1. The molecule has 0 saturated carbocycles. The first-order chi connectivity index (χ1) is 17.2. The molecule has 1 saturated heterocycles. The van der Waals surface area contributed by atoms with Crippen molar-refractivity contribution in [2.24, 2.45) is 0 Å². The van der Waals surface area contributed by atoms with Crippen molar-refractivity contribution in [3.8, 4) is 0 Å². The summed E-state index contributed by atoms with van der Waals surface area (Å²) in [5.74, 6) is -0.633. The SMILES string of the molecule is CS(=O)(=O)NC1CCN(CCC(C(=O)CCc2ccc(Cl)c(C(F)(F)F)c2)c2ccc(Cl)c(Cl)c2)CC1. The largest absolute Gasteiger partial charge is 0.417 e. The van der Waals surface area contributed by atoms with E-state index in [0.29, 0.717) is 60.1 Å². The summed E-state index contributed by atoms with van der Waals surface area (Å²) < 4.78 is 65.3. The molecule has 1 N–H and O–H groups in total. The first kappa shape index (κ1) is 30.2. The molecular weight excluding hydrogens is 572 g/mol. The topological polar surface area (TPSA) is 66.5 Å². The van der Waals surface area contributed by atoms with Gasteiger partial charge in [0.15, 0.2) is 0 Å². The Bertz CT molecular complexity index is 1220. The van der Waals surface area contributed by atoms with E-state index in [9.17, 15) is 26.4 Å². The highest BCUT2D eigenvalue weighted by molar-refractivity contribution is 7.88. The average Bonchev–Trinajstić information content (AvgIpc) is 2.80. The molecule has 0 radical (unpaired) electrons. The van der Waals surface area contributed by atoms with Crippen molar-refractivity contribution in [1.29, 1.82) is 0 Å². The number of sulfonamides is 1. The smallest absolute Gasteiger partial charge is 0.303 e. The summed E-state index contributed by atoms with van der Waals surface area (Å²) in [5.41, 5.74) is 0.146. The third kappa shape index (κ3) is 9.11. The van der Waals surface area contributed by atoms with Crippen LogP contribution in [0, 0.1) is 0 Å². The van der Waals surface area contributed by atoms with Crippen LogP contribution in [0.1, 0.15) is 48.3 Å². The molecule has 0 aliphatic carbocycles. The van der Waals surface area contributed by atoms with Crippen molar-refractivity contribution in [3.05, 3.63) is 68.2 Å². The molecular formula is C25H28Cl3F3N2O3S. The first-order valence-corrected chi connectivity index (χ1v) is 14.8. The van der Waals surface area contributed by atoms with Crippen LogP contribution in [0.2, 0.25) is 15.1 Å². The maximum atomic E-state index is 13.3. The minimum absolute atomic E-state index is 0.0458. The van der Waals surface area contributed by atoms with E-state index in [0.717, 1.165) is 12.3 Å². The van der Waals surface area contributed by atoms with Gasteiger partial charge in [-0.05, 0) is 80.7 Å². The molecule has 2 aromatic rings. The van der Waals surface area contributed by atoms with E-state index in [1.807, 2.05) is 0 Å². The summed E-state index contributed by atoms with van der Waals surface area (Å²) in [4.78, 5) is 15.5. The van der Waals surface area contributed by atoms with Crippen molar-refractivity contribution in [2.45, 2.75) is 50.2 Å². The van der Waals surface area contributed by atoms with Crippen LogP contribution in [-0.4, -0.2) is 51.0 Å². The maximum absolute atomic E-state index is 13.3. The minimum Gasteiger partial charge on any atom is -0.303 e. The number of halogens is 6. The number of aryl methyl sites for hydroxylation is 1. The van der Waals surface area contributed by atoms with Gasteiger partial charge in [0, 0.05) is 18.4 Å². The van der Waals surface area contributed by atoms with Crippen LogP contribution in [0.5, 0.6) is 0 Å². The molecule has 12 heteroatoms. The van der Waals surface area contributed by atoms with E-state index in [1.54, 1.807) is 18.2 Å². The molecule has 204 valence electrons. The lowest BCUT2D eigenvalue weighted by molar-refractivity contribution is -0.137. The third-order valence-electron chi connectivity index (χ3n) is 6.43. The van der Waals surface area contributed by atoms with Crippen molar-refractivity contribution < 1.29 is 26.4 Å². The predicted octanol–water partition coefficient (Wildman–Crippen LogP) is 6.35. The van der Waals surface area contributed by atoms with Crippen molar-refractivity contribution in [3.63, 3.8) is 0 Å². The Labute approximate surface area is 230 Å². The number of nitrogens with zero attached hydrogens (tertiary/aromatic N) is 1. The molecule has 0 bridgehead atoms. The molecule has 1 aliphatic heterocycles. The number of likely N-dealkylation sites (tertiary alicyclic amines) is 1. The van der Waals surface area contributed by atoms with Crippen LogP contribution in [-0.2, 0) is 27.4 Å². The molecule has 0 amide bonds. The summed E-state index contributed by atoms with van der Waals surface area (Å²) in [7, 11) is -3.27. The summed E-state index contributed by atoms with van der Waals surface area (Å²) in [6.45, 7) is 1.96. The number of hydrogen-bond donors (Lipinski definition) is 1. The second-order valence-corrected chi connectivity index (χ2v) is 12.3. The Morgan fingerprint density at radius 1 is 1.05 bits per heavy atom. The fraction of sp³-hybridized carbons (Fsp3) is 0.480. The molecule has 37 heavy (non-hydrogen) atoms. The second-order valence-electron chi connectivity index (χ2n) is 9.30. The van der Waals surface area contributed by atoms with E-state index >= 15 is 0 Å². The van der Waals surface area contributed by atoms with Gasteiger partial charge in [0.25, 0.3) is 0 Å². The summed E-state index contributed by atoms with van der Waals surface area (Å²) in [6.07, 6.45) is -1.45. The van der Waals surface area contributed by atoms with Gasteiger partial charge in [-0.15, -0.1) is 0 Å². The van der Waals surface area contributed by atoms with Gasteiger partial charge in [0.2, 0.25) is 10.0 Å². The van der Waals surface area contributed by atoms with Gasteiger partial charge in [-0.2, -0.15) is 13.2 Å². The summed E-state index contributed by atoms with van der Waals surface area (Å²) >= 11 is 18.0. The number of carbonyl (C=O) groups excluding carboxylic acids is 1. The standard InChI is InChI=1S/C25H28Cl3F3N2O3S/c1-37(35,36)32-18-8-11-33(12-9-18)13-10-19(17-4-6-22(27)23(28)15-17)24(34)7-3-16-2-5-21(26)20(14-16)25(29,30)31/h2,4-6,14-15,18-19,32H,3,7-13H2,1H3. The van der Waals surface area contributed by atoms with Crippen LogP contribution in [0.3, 0.4) is 0 Å². The van der Waals surface area contributed by atoms with Gasteiger partial charge >= 0.3 is 6.18 Å². The number of carbonyl (C=O) groups is 1. The lowest BCUT2D eigenvalue weighted by Gasteiger charge is -2.32. The van der Waals surface area contributed by atoms with Gasteiger partial charge in [-0.25, -0.2) is 13.1 Å². The zero-order chi connectivity index (χ0) is 27.4. The Morgan fingerprint density at radius 2 is 1.70 bits per heavy atom. The van der Waals surface area contributed by atoms with Gasteiger partial charge in [0.1, 0.15) is 5.78 Å². The quantitative estimate of drug-likeness (QED) is 0.345. The molecule has 3 rings (SSSR count). The Kier molecular flexibility index (Phi) is 10.3. The molecule has 0 spiro atoms. The van der Waals surface area contributed by atoms with Crippen molar-refractivity contribution >= 4 is 50.6 Å². The van der Waals surface area contributed by atoms with E-state index in [2.05, 4.69) is 9.62 Å². The van der Waals surface area contributed by atoms with Crippen LogP contribution < -0.4 is 4.72 Å². The number of alkyl halides is 3. The maximum Gasteiger partial charge on any atom is 0.417 e. The lowest BCUT2D eigenvalue weighted by Crippen LogP contribution is -2.44. The van der Waals surface area contributed by atoms with Crippen molar-refractivity contribution in [1.82, 2.24) is 9.62 Å². The Balaban J connectivity index is 1.68. The van der Waals surface area contributed by atoms with Crippen LogP contribution >= 0.6 is 34.8 Å². The monoisotopic (exact) mass is 598 g/mol. The number of hydrogen-bond acceptors (Lipinski definition) is 4. The van der Waals surface area contributed by atoms with E-state index in [4.69, 9.17) is 34.8 Å². The highest BCUT2D eigenvalue weighted by atomic mass is 35.5. The van der Waals surface area contributed by atoms with Crippen molar-refractivity contribution in [2.75, 3.05) is 25.9 Å². The fourth-order valence-electron chi connectivity index (χ4n) is 4.52. The Hall–Kier alpha value is -1.36. The number of rotatable bonds is 10. The lowest BCUT2D eigenvalue weighted by atomic mass is 9.88. The minimum atomic E-state index is -4.58. The number of nitrogens with one attached hydrogen (secondary N) is 1. The number of benzene rings is 2. The normalized spacial score (nSPS) is 16.6. The third-order valence-corrected chi connectivity index (χ3v) is 8.26. The molecule has 1 atom stereocenters. The summed E-state index contributed by atoms with van der Waals surface area (Å²) in [6, 6.07) is 8.58. The molecule has 5 nitrogen and oxygen atoms in total. The van der Waals surface area contributed by atoms with Gasteiger partial charge < -0.3 is 4.90 Å². The van der Waals surface area contributed by atoms with Gasteiger partial charge in [-0.1, -0.05) is 46.9 Å². The number of Topliss-reactive ketones (excluding diaryl/α,β-unsaturated/α-hetero) is 1. The fourth-order valence-corrected chi connectivity index (χ4v) is 5.89. The van der Waals surface area contributed by atoms with Crippen LogP contribution in [0.4, 0.5) is 13.2 Å². The second kappa shape index (κ2) is 12.7. The molecule has 2 aromatic carbocycles. The zero-order valence-electron chi connectivity index (χ0n) is 20.1. The highest BCUT2D eigenvalue weighted by Gasteiger charge is 2.33. The first-order valence-electron chi connectivity index (χ1n) is 11.8. The van der Waals surface area contributed by atoms with Gasteiger partial charge in [-0.3, -0.25) is 4.79 Å². The molecule has 1 fully saturated rings. The average molecular weight is 600 g/mol. The zero-order valence-corrected chi connectivity index (χ0v) is 23.2. The van der Waals surface area contributed by atoms with Crippen LogP contribution in [0.15, 0.2) is 36.4 Å². The number of ketones is 1. The van der Waals surface area contributed by atoms with E-state index < -0.39 is 27.7 Å². The van der Waals surface area contributed by atoms with Gasteiger partial charge in [0.05, 0.1) is 26.9 Å². The molecule has 0 aromatic heterocycles. The Morgan fingerprint density at radius 3 is 2.30 bits per heavy atom. The summed E-state index contributed by atoms with van der Waals surface area (Å²) in [5, 5.41) is 0.293. The van der Waals surface area contributed by atoms with E-state index in [1.165, 1.54) is 12.1 Å². The van der Waals surface area contributed by atoms with Crippen LogP contribution in [0.25, 0.3) is 0 Å². The highest BCUT2D eigenvalue weighted by Crippen LogP contribution is 2.36. The molecule has 1 aliphatic rings.